The van der Waals surface area contributed by atoms with E-state index >= 15 is 0 Å². The summed E-state index contributed by atoms with van der Waals surface area (Å²) in [6, 6.07) is 20.5. The van der Waals surface area contributed by atoms with Crippen LogP contribution in [0.4, 0.5) is 5.69 Å². The van der Waals surface area contributed by atoms with Gasteiger partial charge in [0.2, 0.25) is 5.91 Å². The lowest BCUT2D eigenvalue weighted by Gasteiger charge is -2.34. The van der Waals surface area contributed by atoms with Crippen molar-refractivity contribution in [1.29, 1.82) is 5.26 Å². The summed E-state index contributed by atoms with van der Waals surface area (Å²) in [5.41, 5.74) is 3.07. The summed E-state index contributed by atoms with van der Waals surface area (Å²) in [5.74, 6) is 0.426. The van der Waals surface area contributed by atoms with Gasteiger partial charge in [0.1, 0.15) is 0 Å². The molecule has 2 heterocycles. The van der Waals surface area contributed by atoms with Crippen LogP contribution in [0.3, 0.4) is 0 Å². The molecule has 5 nitrogen and oxygen atoms in total. The number of nitrogens with zero attached hydrogens (tertiary/aromatic N) is 2. The largest absolute Gasteiger partial charge is 0.371 e. The van der Waals surface area contributed by atoms with E-state index in [2.05, 4.69) is 33.7 Å². The van der Waals surface area contributed by atoms with E-state index < -0.39 is 0 Å². The Morgan fingerprint density at radius 3 is 2.43 bits per heavy atom. The number of nitriles is 1. The number of hydrogen-bond donors (Lipinski definition) is 2. The highest BCUT2D eigenvalue weighted by atomic mass is 16.2. The first-order chi connectivity index (χ1) is 13.7. The molecular formula is C23H26N4O. The van der Waals surface area contributed by atoms with Crippen molar-refractivity contribution in [1.82, 2.24) is 10.6 Å². The molecule has 4 rings (SSSR count). The first-order valence-corrected chi connectivity index (χ1v) is 10.1. The Bertz CT molecular complexity index is 835. The van der Waals surface area contributed by atoms with Gasteiger partial charge in [0, 0.05) is 43.8 Å². The van der Waals surface area contributed by atoms with E-state index in [1.165, 1.54) is 5.56 Å². The highest BCUT2D eigenvalue weighted by molar-refractivity contribution is 5.80. The molecule has 5 heteroatoms. The van der Waals surface area contributed by atoms with Crippen LogP contribution < -0.4 is 15.5 Å². The molecule has 28 heavy (non-hydrogen) atoms. The Balaban J connectivity index is 1.32. The number of piperidine rings is 1. The second-order valence-corrected chi connectivity index (χ2v) is 7.71. The maximum absolute atomic E-state index is 12.9. The zero-order chi connectivity index (χ0) is 19.3. The van der Waals surface area contributed by atoms with Gasteiger partial charge in [-0.1, -0.05) is 30.3 Å². The molecule has 1 amide bonds. The number of amides is 1. The Morgan fingerprint density at radius 2 is 1.75 bits per heavy atom. The van der Waals surface area contributed by atoms with Crippen LogP contribution in [0, 0.1) is 17.2 Å². The Labute approximate surface area is 166 Å². The van der Waals surface area contributed by atoms with Gasteiger partial charge in [-0.3, -0.25) is 4.79 Å². The quantitative estimate of drug-likeness (QED) is 0.863. The summed E-state index contributed by atoms with van der Waals surface area (Å²) >= 11 is 0. The van der Waals surface area contributed by atoms with E-state index in [4.69, 9.17) is 5.26 Å². The molecule has 0 aliphatic carbocycles. The number of anilines is 1. The van der Waals surface area contributed by atoms with Crippen LogP contribution in [0.5, 0.6) is 0 Å². The molecule has 0 aromatic heterocycles. The molecule has 0 spiro atoms. The highest BCUT2D eigenvalue weighted by Crippen LogP contribution is 2.29. The van der Waals surface area contributed by atoms with E-state index in [1.54, 1.807) is 0 Å². The standard InChI is InChI=1S/C23H26N4O/c24-14-17-6-8-20(9-7-17)27-12-10-19(11-13-27)26-23(28)22-16-25-15-21(22)18-4-2-1-3-5-18/h1-9,19,21-22,25H,10-13,15-16H2,(H,26,28). The fourth-order valence-corrected chi connectivity index (χ4v) is 4.34. The molecule has 2 saturated heterocycles. The van der Waals surface area contributed by atoms with Gasteiger partial charge in [0.15, 0.2) is 0 Å². The lowest BCUT2D eigenvalue weighted by Crippen LogP contribution is -2.47. The molecule has 2 atom stereocenters. The van der Waals surface area contributed by atoms with E-state index in [0.29, 0.717) is 5.56 Å². The molecule has 0 radical (unpaired) electrons. The maximum Gasteiger partial charge on any atom is 0.225 e. The molecule has 2 aliphatic rings. The number of nitrogens with one attached hydrogen (secondary N) is 2. The van der Waals surface area contributed by atoms with Crippen LogP contribution in [0.1, 0.15) is 29.9 Å². The van der Waals surface area contributed by atoms with Gasteiger partial charge in [-0.25, -0.2) is 0 Å². The zero-order valence-corrected chi connectivity index (χ0v) is 16.0. The topological polar surface area (TPSA) is 68.2 Å². The van der Waals surface area contributed by atoms with E-state index in [-0.39, 0.29) is 23.8 Å². The normalized spacial score (nSPS) is 22.6. The lowest BCUT2D eigenvalue weighted by atomic mass is 9.88. The first kappa shape index (κ1) is 18.5. The predicted molar refractivity (Wildman–Crippen MR) is 110 cm³/mol. The minimum Gasteiger partial charge on any atom is -0.371 e. The Kier molecular flexibility index (Phi) is 5.59. The van der Waals surface area contributed by atoms with Gasteiger partial charge in [0.25, 0.3) is 0 Å². The van der Waals surface area contributed by atoms with Crippen molar-refractivity contribution in [2.24, 2.45) is 5.92 Å². The Hall–Kier alpha value is -2.84. The predicted octanol–water partition coefficient (Wildman–Crippen LogP) is 2.65. The van der Waals surface area contributed by atoms with Gasteiger partial charge in [-0.2, -0.15) is 5.26 Å². The lowest BCUT2D eigenvalue weighted by molar-refractivity contribution is -0.125. The fourth-order valence-electron chi connectivity index (χ4n) is 4.34. The highest BCUT2D eigenvalue weighted by Gasteiger charge is 2.35. The molecular weight excluding hydrogens is 348 g/mol. The van der Waals surface area contributed by atoms with Crippen LogP contribution in [-0.4, -0.2) is 38.1 Å². The van der Waals surface area contributed by atoms with Crippen molar-refractivity contribution < 1.29 is 4.79 Å². The molecule has 0 bridgehead atoms. The van der Waals surface area contributed by atoms with E-state index in [9.17, 15) is 4.79 Å². The van der Waals surface area contributed by atoms with Crippen molar-refractivity contribution in [2.45, 2.75) is 24.8 Å². The molecule has 144 valence electrons. The van der Waals surface area contributed by atoms with Gasteiger partial charge in [-0.15, -0.1) is 0 Å². The summed E-state index contributed by atoms with van der Waals surface area (Å²) in [6.07, 6.45) is 1.89. The third kappa shape index (κ3) is 4.02. The molecule has 0 saturated carbocycles. The van der Waals surface area contributed by atoms with Crippen molar-refractivity contribution in [3.63, 3.8) is 0 Å². The second kappa shape index (κ2) is 8.45. The summed E-state index contributed by atoms with van der Waals surface area (Å²) < 4.78 is 0. The monoisotopic (exact) mass is 374 g/mol. The molecule has 2 aromatic carbocycles. The average molecular weight is 374 g/mol. The van der Waals surface area contributed by atoms with Crippen LogP contribution in [0.25, 0.3) is 0 Å². The third-order valence-corrected chi connectivity index (χ3v) is 5.98. The fraction of sp³-hybridized carbons (Fsp3) is 0.391. The minimum absolute atomic E-state index is 0.000967. The third-order valence-electron chi connectivity index (χ3n) is 5.98. The average Bonchev–Trinajstić information content (AvgIpc) is 3.25. The van der Waals surface area contributed by atoms with Crippen LogP contribution in [-0.2, 0) is 4.79 Å². The summed E-state index contributed by atoms with van der Waals surface area (Å²) in [5, 5.41) is 15.6. The smallest absolute Gasteiger partial charge is 0.225 e. The number of rotatable bonds is 4. The van der Waals surface area contributed by atoms with Crippen LogP contribution in [0.2, 0.25) is 0 Å². The summed E-state index contributed by atoms with van der Waals surface area (Å²) in [6.45, 7) is 3.44. The van der Waals surface area contributed by atoms with Gasteiger partial charge in [-0.05, 0) is 42.7 Å². The number of benzene rings is 2. The van der Waals surface area contributed by atoms with Crippen molar-refractivity contribution >= 4 is 11.6 Å². The van der Waals surface area contributed by atoms with Crippen molar-refractivity contribution in [3.8, 4) is 6.07 Å². The van der Waals surface area contributed by atoms with Crippen molar-refractivity contribution in [3.05, 3.63) is 65.7 Å². The van der Waals surface area contributed by atoms with Gasteiger partial charge < -0.3 is 15.5 Å². The van der Waals surface area contributed by atoms with Crippen molar-refractivity contribution in [2.75, 3.05) is 31.1 Å². The van der Waals surface area contributed by atoms with Crippen LogP contribution >= 0.6 is 0 Å². The number of carbonyl (C=O) groups is 1. The Morgan fingerprint density at radius 1 is 1.04 bits per heavy atom. The van der Waals surface area contributed by atoms with Gasteiger partial charge in [0.05, 0.1) is 17.6 Å². The number of carbonyl (C=O) groups excluding carboxylic acids is 1. The van der Waals surface area contributed by atoms with Crippen LogP contribution in [0.15, 0.2) is 54.6 Å². The van der Waals surface area contributed by atoms with Gasteiger partial charge >= 0.3 is 0 Å². The molecule has 2 fully saturated rings. The molecule has 2 N–H and O–H groups in total. The minimum atomic E-state index is -0.000967. The molecule has 2 aromatic rings. The number of hydrogen-bond acceptors (Lipinski definition) is 4. The summed E-state index contributed by atoms with van der Waals surface area (Å²) in [4.78, 5) is 15.3. The zero-order valence-electron chi connectivity index (χ0n) is 16.0. The SMILES string of the molecule is N#Cc1ccc(N2CCC(NC(=O)C3CNCC3c3ccccc3)CC2)cc1. The second-order valence-electron chi connectivity index (χ2n) is 7.71. The molecule has 2 unspecified atom stereocenters. The first-order valence-electron chi connectivity index (χ1n) is 10.1. The van der Waals surface area contributed by atoms with E-state index in [0.717, 1.165) is 44.7 Å². The van der Waals surface area contributed by atoms with E-state index in [1.807, 2.05) is 42.5 Å². The maximum atomic E-state index is 12.9. The summed E-state index contributed by atoms with van der Waals surface area (Å²) in [7, 11) is 0. The molecule has 2 aliphatic heterocycles.